The fourth-order valence-electron chi connectivity index (χ4n) is 1.25. The third-order valence-corrected chi connectivity index (χ3v) is 3.46. The second-order valence-corrected chi connectivity index (χ2v) is 4.60. The van der Waals surface area contributed by atoms with Crippen LogP contribution in [0.2, 0.25) is 0 Å². The van der Waals surface area contributed by atoms with E-state index in [1.807, 2.05) is 19.1 Å². The van der Waals surface area contributed by atoms with Gasteiger partial charge in [0.1, 0.15) is 5.75 Å². The molecule has 0 heterocycles. The van der Waals surface area contributed by atoms with Crippen molar-refractivity contribution in [2.75, 3.05) is 13.0 Å². The van der Waals surface area contributed by atoms with Gasteiger partial charge in [0.25, 0.3) is 0 Å². The number of halogens is 2. The molecule has 0 saturated heterocycles. The Labute approximate surface area is 103 Å². The maximum atomic E-state index is 11.9. The van der Waals surface area contributed by atoms with Crippen LogP contribution in [0.4, 0.5) is 0 Å². The van der Waals surface area contributed by atoms with E-state index in [1.54, 1.807) is 13.2 Å². The summed E-state index contributed by atoms with van der Waals surface area (Å²) in [4.78, 5) is 11.5. The number of methoxy groups -OCH3 is 1. The Morgan fingerprint density at radius 2 is 2.27 bits per heavy atom. The number of hydrogen-bond donors (Lipinski definition) is 0. The van der Waals surface area contributed by atoms with Crippen molar-refractivity contribution >= 4 is 33.3 Å². The fraction of sp³-hybridized carbons (Fsp3) is 0.364. The molecule has 4 heteroatoms. The Bertz CT molecular complexity index is 366. The summed E-state index contributed by atoms with van der Waals surface area (Å²) in [5.41, 5.74) is 1.59. The lowest BCUT2D eigenvalue weighted by Gasteiger charge is -2.10. The highest BCUT2D eigenvalue weighted by Crippen LogP contribution is 2.23. The van der Waals surface area contributed by atoms with Crippen molar-refractivity contribution in [3.8, 4) is 5.75 Å². The van der Waals surface area contributed by atoms with E-state index in [4.69, 9.17) is 16.3 Å². The molecule has 1 aromatic rings. The van der Waals surface area contributed by atoms with Crippen molar-refractivity contribution in [1.29, 1.82) is 0 Å². The summed E-state index contributed by atoms with van der Waals surface area (Å²) in [5.74, 6) is 0.779. The van der Waals surface area contributed by atoms with Gasteiger partial charge in [-0.15, -0.1) is 11.6 Å². The largest absolute Gasteiger partial charge is 0.496 e. The summed E-state index contributed by atoms with van der Waals surface area (Å²) in [6, 6.07) is 5.50. The monoisotopic (exact) mass is 290 g/mol. The molecule has 1 rings (SSSR count). The zero-order valence-corrected chi connectivity index (χ0v) is 10.9. The molecule has 0 aliphatic carbocycles. The number of alkyl halides is 2. The van der Waals surface area contributed by atoms with Crippen LogP contribution >= 0.6 is 27.5 Å². The molecule has 1 unspecified atom stereocenters. The molecule has 1 aromatic carbocycles. The van der Waals surface area contributed by atoms with Gasteiger partial charge in [0.2, 0.25) is 0 Å². The fourth-order valence-corrected chi connectivity index (χ4v) is 1.64. The third-order valence-electron chi connectivity index (χ3n) is 2.04. The Morgan fingerprint density at radius 1 is 1.60 bits per heavy atom. The first-order valence-electron chi connectivity index (χ1n) is 4.49. The molecule has 82 valence electrons. The number of aryl methyl sites for hydroxylation is 1. The number of carbonyl (C=O) groups excluding carboxylic acids is 1. The van der Waals surface area contributed by atoms with E-state index in [9.17, 15) is 4.79 Å². The van der Waals surface area contributed by atoms with E-state index in [0.717, 1.165) is 5.56 Å². The van der Waals surface area contributed by atoms with Crippen LogP contribution in [0.1, 0.15) is 15.9 Å². The summed E-state index contributed by atoms with van der Waals surface area (Å²) in [6.45, 7) is 1.93. The SMILES string of the molecule is COc1ccc(C)cc1C(=O)C(Br)CCl. The van der Waals surface area contributed by atoms with E-state index in [0.29, 0.717) is 11.3 Å². The molecule has 0 saturated carbocycles. The first-order valence-corrected chi connectivity index (χ1v) is 5.94. The third kappa shape index (κ3) is 2.95. The first kappa shape index (κ1) is 12.5. The Balaban J connectivity index is 3.11. The first-order chi connectivity index (χ1) is 7.10. The van der Waals surface area contributed by atoms with Crippen molar-refractivity contribution in [3.05, 3.63) is 29.3 Å². The van der Waals surface area contributed by atoms with Crippen molar-refractivity contribution in [2.45, 2.75) is 11.8 Å². The van der Waals surface area contributed by atoms with Crippen molar-refractivity contribution in [3.63, 3.8) is 0 Å². The number of rotatable bonds is 4. The number of hydrogen-bond acceptors (Lipinski definition) is 2. The van der Waals surface area contributed by atoms with Crippen LogP contribution in [0.25, 0.3) is 0 Å². The summed E-state index contributed by atoms with van der Waals surface area (Å²) < 4.78 is 5.13. The van der Waals surface area contributed by atoms with Gasteiger partial charge in [-0.2, -0.15) is 0 Å². The van der Waals surface area contributed by atoms with Crippen LogP contribution in [0.15, 0.2) is 18.2 Å². The zero-order chi connectivity index (χ0) is 11.4. The topological polar surface area (TPSA) is 26.3 Å². The summed E-state index contributed by atoms with van der Waals surface area (Å²) >= 11 is 8.85. The maximum Gasteiger partial charge on any atom is 0.181 e. The van der Waals surface area contributed by atoms with E-state index >= 15 is 0 Å². The lowest BCUT2D eigenvalue weighted by Crippen LogP contribution is -2.16. The van der Waals surface area contributed by atoms with Crippen LogP contribution in [0.3, 0.4) is 0 Å². The summed E-state index contributed by atoms with van der Waals surface area (Å²) in [7, 11) is 1.55. The van der Waals surface area contributed by atoms with Gasteiger partial charge in [-0.25, -0.2) is 0 Å². The molecule has 0 N–H and O–H groups in total. The summed E-state index contributed by atoms with van der Waals surface area (Å²) in [5, 5.41) is 0. The van der Waals surface area contributed by atoms with Gasteiger partial charge in [-0.1, -0.05) is 27.6 Å². The van der Waals surface area contributed by atoms with Crippen LogP contribution in [-0.2, 0) is 0 Å². The van der Waals surface area contributed by atoms with E-state index in [1.165, 1.54) is 0 Å². The smallest absolute Gasteiger partial charge is 0.181 e. The quantitative estimate of drug-likeness (QED) is 0.629. The zero-order valence-electron chi connectivity index (χ0n) is 8.59. The Morgan fingerprint density at radius 3 is 2.80 bits per heavy atom. The average Bonchev–Trinajstić information content (AvgIpc) is 2.27. The normalized spacial score (nSPS) is 12.3. The second kappa shape index (κ2) is 5.52. The van der Waals surface area contributed by atoms with Crippen LogP contribution < -0.4 is 4.74 Å². The van der Waals surface area contributed by atoms with Crippen molar-refractivity contribution in [1.82, 2.24) is 0 Å². The van der Waals surface area contributed by atoms with Crippen molar-refractivity contribution in [2.24, 2.45) is 0 Å². The van der Waals surface area contributed by atoms with Gasteiger partial charge in [-0.05, 0) is 19.1 Å². The molecule has 0 aliphatic rings. The van der Waals surface area contributed by atoms with Gasteiger partial charge in [0.05, 0.1) is 17.5 Å². The standard InChI is InChI=1S/C11H12BrClO2/c1-7-3-4-10(15-2)8(5-7)11(14)9(12)6-13/h3-5,9H,6H2,1-2H3. The van der Waals surface area contributed by atoms with Crippen LogP contribution in [0, 0.1) is 6.92 Å². The van der Waals surface area contributed by atoms with Crippen LogP contribution in [-0.4, -0.2) is 23.6 Å². The molecule has 0 aliphatic heterocycles. The lowest BCUT2D eigenvalue weighted by atomic mass is 10.0. The van der Waals surface area contributed by atoms with E-state index in [2.05, 4.69) is 15.9 Å². The molecule has 2 nitrogen and oxygen atoms in total. The molecular formula is C11H12BrClO2. The van der Waals surface area contributed by atoms with Gasteiger partial charge in [0, 0.05) is 5.88 Å². The molecule has 0 amide bonds. The van der Waals surface area contributed by atoms with E-state index < -0.39 is 0 Å². The highest BCUT2D eigenvalue weighted by Gasteiger charge is 2.19. The minimum absolute atomic E-state index is 0.0504. The van der Waals surface area contributed by atoms with Gasteiger partial charge < -0.3 is 4.74 Å². The molecule has 1 atom stereocenters. The van der Waals surface area contributed by atoms with Crippen LogP contribution in [0.5, 0.6) is 5.75 Å². The minimum atomic E-state index is -0.366. The highest BCUT2D eigenvalue weighted by molar-refractivity contribution is 9.10. The molecule has 0 aromatic heterocycles. The molecule has 0 fully saturated rings. The molecule has 0 radical (unpaired) electrons. The Hall–Kier alpha value is -0.540. The molecule has 0 bridgehead atoms. The van der Waals surface area contributed by atoms with Gasteiger partial charge >= 0.3 is 0 Å². The number of ether oxygens (including phenoxy) is 1. The van der Waals surface area contributed by atoms with E-state index in [-0.39, 0.29) is 16.5 Å². The average molecular weight is 292 g/mol. The molecular weight excluding hydrogens is 279 g/mol. The van der Waals surface area contributed by atoms with Gasteiger partial charge in [0.15, 0.2) is 5.78 Å². The lowest BCUT2D eigenvalue weighted by molar-refractivity contribution is 0.0994. The summed E-state index contributed by atoms with van der Waals surface area (Å²) in [6.07, 6.45) is 0. The highest BCUT2D eigenvalue weighted by atomic mass is 79.9. The second-order valence-electron chi connectivity index (χ2n) is 3.19. The minimum Gasteiger partial charge on any atom is -0.496 e. The van der Waals surface area contributed by atoms with Crippen molar-refractivity contribution < 1.29 is 9.53 Å². The number of benzene rings is 1. The maximum absolute atomic E-state index is 11.9. The predicted molar refractivity (Wildman–Crippen MR) is 65.5 cm³/mol. The number of Topliss-reactive ketones (excluding diaryl/α,β-unsaturated/α-hetero) is 1. The number of ketones is 1. The Kier molecular flexibility index (Phi) is 4.61. The van der Waals surface area contributed by atoms with Gasteiger partial charge in [-0.3, -0.25) is 4.79 Å². The molecule has 0 spiro atoms. The predicted octanol–water partition coefficient (Wildman–Crippen LogP) is 3.19. The number of carbonyl (C=O) groups is 1. The molecule has 15 heavy (non-hydrogen) atoms.